The lowest BCUT2D eigenvalue weighted by atomic mass is 9.93. The second-order valence-electron chi connectivity index (χ2n) is 5.62. The number of benzene rings is 2. The zero-order chi connectivity index (χ0) is 15.5. The van der Waals surface area contributed by atoms with Crippen molar-refractivity contribution in [1.29, 1.82) is 0 Å². The highest BCUT2D eigenvalue weighted by atomic mass is 16.5. The molecule has 3 heteroatoms. The third-order valence-electron chi connectivity index (χ3n) is 3.63. The van der Waals surface area contributed by atoms with Gasteiger partial charge in [-0.3, -0.25) is 4.79 Å². The van der Waals surface area contributed by atoms with Gasteiger partial charge in [0.1, 0.15) is 5.75 Å². The molecule has 0 fully saturated rings. The van der Waals surface area contributed by atoms with Crippen LogP contribution < -0.4 is 10.1 Å². The van der Waals surface area contributed by atoms with E-state index in [1.165, 1.54) is 0 Å². The van der Waals surface area contributed by atoms with Crippen LogP contribution in [0.15, 0.2) is 48.5 Å². The summed E-state index contributed by atoms with van der Waals surface area (Å²) in [5.41, 5.74) is 2.26. The van der Waals surface area contributed by atoms with E-state index in [1.807, 2.05) is 69.3 Å². The molecule has 0 unspecified atom stereocenters. The van der Waals surface area contributed by atoms with Gasteiger partial charge in [0.25, 0.3) is 5.91 Å². The third kappa shape index (κ3) is 3.43. The number of amides is 1. The summed E-state index contributed by atoms with van der Waals surface area (Å²) in [4.78, 5) is 12.4. The zero-order valence-electron chi connectivity index (χ0n) is 12.9. The van der Waals surface area contributed by atoms with Gasteiger partial charge in [0.15, 0.2) is 0 Å². The van der Waals surface area contributed by atoms with Crippen LogP contribution >= 0.6 is 0 Å². The van der Waals surface area contributed by atoms with E-state index in [0.29, 0.717) is 5.56 Å². The number of methoxy groups -OCH3 is 1. The van der Waals surface area contributed by atoms with Crippen LogP contribution in [-0.4, -0.2) is 13.0 Å². The van der Waals surface area contributed by atoms with Crippen molar-refractivity contribution < 1.29 is 9.53 Å². The van der Waals surface area contributed by atoms with Crippen LogP contribution in [0.4, 0.5) is 0 Å². The highest BCUT2D eigenvalue weighted by Crippen LogP contribution is 2.23. The molecule has 0 bridgehead atoms. The standard InChI is InChI=1S/C18H21NO2/c1-13-7-5-6-8-16(13)17(20)19-18(2,3)14-9-11-15(21-4)12-10-14/h5-12H,1-4H3,(H,19,20). The minimum Gasteiger partial charge on any atom is -0.497 e. The maximum atomic E-state index is 12.4. The topological polar surface area (TPSA) is 38.3 Å². The Kier molecular flexibility index (Phi) is 4.32. The van der Waals surface area contributed by atoms with Gasteiger partial charge in [-0.25, -0.2) is 0 Å². The predicted molar refractivity (Wildman–Crippen MR) is 84.7 cm³/mol. The van der Waals surface area contributed by atoms with Crippen molar-refractivity contribution in [3.8, 4) is 5.75 Å². The largest absolute Gasteiger partial charge is 0.497 e. The highest BCUT2D eigenvalue weighted by molar-refractivity contribution is 5.96. The number of carbonyl (C=O) groups is 1. The summed E-state index contributed by atoms with van der Waals surface area (Å²) >= 11 is 0. The molecule has 0 saturated carbocycles. The summed E-state index contributed by atoms with van der Waals surface area (Å²) in [5, 5.41) is 3.09. The Morgan fingerprint density at radius 3 is 2.24 bits per heavy atom. The zero-order valence-corrected chi connectivity index (χ0v) is 12.9. The predicted octanol–water partition coefficient (Wildman–Crippen LogP) is 3.67. The second-order valence-corrected chi connectivity index (χ2v) is 5.62. The molecular formula is C18H21NO2. The maximum absolute atomic E-state index is 12.4. The summed E-state index contributed by atoms with van der Waals surface area (Å²) in [7, 11) is 1.64. The first kappa shape index (κ1) is 15.1. The van der Waals surface area contributed by atoms with Crippen molar-refractivity contribution in [3.63, 3.8) is 0 Å². The summed E-state index contributed by atoms with van der Waals surface area (Å²) in [5.74, 6) is 0.744. The molecule has 0 spiro atoms. The minimum absolute atomic E-state index is 0.0612. The van der Waals surface area contributed by atoms with E-state index >= 15 is 0 Å². The van der Waals surface area contributed by atoms with E-state index < -0.39 is 5.54 Å². The molecule has 2 rings (SSSR count). The third-order valence-corrected chi connectivity index (χ3v) is 3.63. The van der Waals surface area contributed by atoms with Crippen LogP contribution in [0.25, 0.3) is 0 Å². The first-order valence-corrected chi connectivity index (χ1v) is 6.97. The van der Waals surface area contributed by atoms with Crippen LogP contribution in [0.2, 0.25) is 0 Å². The molecule has 0 aliphatic heterocycles. The van der Waals surface area contributed by atoms with Crippen molar-refractivity contribution in [2.24, 2.45) is 0 Å². The van der Waals surface area contributed by atoms with Crippen LogP contribution in [0.3, 0.4) is 0 Å². The Balaban J connectivity index is 2.20. The maximum Gasteiger partial charge on any atom is 0.252 e. The molecule has 21 heavy (non-hydrogen) atoms. The molecule has 0 heterocycles. The highest BCUT2D eigenvalue weighted by Gasteiger charge is 2.24. The monoisotopic (exact) mass is 283 g/mol. The Bertz CT molecular complexity index is 630. The lowest BCUT2D eigenvalue weighted by Gasteiger charge is -2.27. The fourth-order valence-corrected chi connectivity index (χ4v) is 2.26. The molecule has 0 atom stereocenters. The van der Waals surface area contributed by atoms with Crippen molar-refractivity contribution in [2.75, 3.05) is 7.11 Å². The van der Waals surface area contributed by atoms with Gasteiger partial charge in [-0.2, -0.15) is 0 Å². The number of aryl methyl sites for hydroxylation is 1. The Hall–Kier alpha value is -2.29. The van der Waals surface area contributed by atoms with Crippen LogP contribution in [0.5, 0.6) is 5.75 Å². The lowest BCUT2D eigenvalue weighted by molar-refractivity contribution is 0.0911. The van der Waals surface area contributed by atoms with E-state index in [2.05, 4.69) is 5.32 Å². The average Bonchev–Trinajstić information content (AvgIpc) is 2.47. The summed E-state index contributed by atoms with van der Waals surface area (Å²) in [6.45, 7) is 5.92. The van der Waals surface area contributed by atoms with Crippen molar-refractivity contribution in [3.05, 3.63) is 65.2 Å². The number of ether oxygens (including phenoxy) is 1. The van der Waals surface area contributed by atoms with Gasteiger partial charge in [0.05, 0.1) is 12.6 Å². The summed E-state index contributed by atoms with van der Waals surface area (Å²) in [6.07, 6.45) is 0. The molecule has 0 saturated heterocycles. The number of rotatable bonds is 4. The SMILES string of the molecule is COc1ccc(C(C)(C)NC(=O)c2ccccc2C)cc1. The van der Waals surface area contributed by atoms with Crippen molar-refractivity contribution >= 4 is 5.91 Å². The van der Waals surface area contributed by atoms with Gasteiger partial charge >= 0.3 is 0 Å². The van der Waals surface area contributed by atoms with Gasteiger partial charge in [-0.1, -0.05) is 30.3 Å². The van der Waals surface area contributed by atoms with E-state index in [1.54, 1.807) is 7.11 Å². The molecule has 1 N–H and O–H groups in total. The average molecular weight is 283 g/mol. The minimum atomic E-state index is -0.453. The Labute approximate surface area is 126 Å². The van der Waals surface area contributed by atoms with E-state index in [4.69, 9.17) is 4.74 Å². The molecule has 2 aromatic carbocycles. The molecular weight excluding hydrogens is 262 g/mol. The summed E-state index contributed by atoms with van der Waals surface area (Å²) < 4.78 is 5.16. The first-order valence-electron chi connectivity index (χ1n) is 6.97. The summed E-state index contributed by atoms with van der Waals surface area (Å²) in [6, 6.07) is 15.3. The van der Waals surface area contributed by atoms with Gasteiger partial charge in [-0.15, -0.1) is 0 Å². The molecule has 0 aliphatic carbocycles. The fraction of sp³-hybridized carbons (Fsp3) is 0.278. The van der Waals surface area contributed by atoms with Crippen molar-refractivity contribution in [2.45, 2.75) is 26.3 Å². The van der Waals surface area contributed by atoms with Gasteiger partial charge in [0.2, 0.25) is 0 Å². The number of carbonyl (C=O) groups excluding carboxylic acids is 1. The van der Waals surface area contributed by atoms with E-state index in [9.17, 15) is 4.79 Å². The van der Waals surface area contributed by atoms with Gasteiger partial charge in [0, 0.05) is 5.56 Å². The first-order chi connectivity index (χ1) is 9.94. The molecule has 0 aromatic heterocycles. The number of hydrogen-bond donors (Lipinski definition) is 1. The Morgan fingerprint density at radius 1 is 1.05 bits per heavy atom. The van der Waals surface area contributed by atoms with E-state index in [0.717, 1.165) is 16.9 Å². The smallest absolute Gasteiger partial charge is 0.252 e. The second kappa shape index (κ2) is 6.00. The van der Waals surface area contributed by atoms with Gasteiger partial charge in [-0.05, 0) is 50.1 Å². The van der Waals surface area contributed by atoms with Crippen LogP contribution in [-0.2, 0) is 5.54 Å². The molecule has 0 radical (unpaired) electrons. The van der Waals surface area contributed by atoms with Crippen LogP contribution in [0, 0.1) is 6.92 Å². The number of hydrogen-bond acceptors (Lipinski definition) is 2. The number of nitrogens with one attached hydrogen (secondary N) is 1. The fourth-order valence-electron chi connectivity index (χ4n) is 2.26. The quantitative estimate of drug-likeness (QED) is 0.929. The van der Waals surface area contributed by atoms with Gasteiger partial charge < -0.3 is 10.1 Å². The molecule has 3 nitrogen and oxygen atoms in total. The normalized spacial score (nSPS) is 11.0. The Morgan fingerprint density at radius 2 is 1.67 bits per heavy atom. The molecule has 0 aliphatic rings. The molecule has 1 amide bonds. The molecule has 2 aromatic rings. The molecule has 110 valence electrons. The lowest BCUT2D eigenvalue weighted by Crippen LogP contribution is -2.41. The van der Waals surface area contributed by atoms with Crippen molar-refractivity contribution in [1.82, 2.24) is 5.32 Å². The van der Waals surface area contributed by atoms with Crippen LogP contribution in [0.1, 0.15) is 35.3 Å². The van der Waals surface area contributed by atoms with E-state index in [-0.39, 0.29) is 5.91 Å².